The van der Waals surface area contributed by atoms with E-state index in [-0.39, 0.29) is 5.82 Å². The lowest BCUT2D eigenvalue weighted by molar-refractivity contribution is 0.175. The quantitative estimate of drug-likeness (QED) is 0.578. The Labute approximate surface area is 194 Å². The molecular weight excluding hydrogens is 421 g/mol. The predicted octanol–water partition coefficient (Wildman–Crippen LogP) is 4.51. The Balaban J connectivity index is 1.35. The number of anilines is 1. The van der Waals surface area contributed by atoms with Crippen molar-refractivity contribution in [1.29, 1.82) is 0 Å². The first-order valence-electron chi connectivity index (χ1n) is 11.0. The number of nitrogens with one attached hydrogen (secondary N) is 1. The molecule has 5 nitrogen and oxygen atoms in total. The zero-order chi connectivity index (χ0) is 22.7. The molecule has 2 heterocycles. The number of rotatable bonds is 5. The fraction of sp³-hybridized carbons (Fsp3) is 0.360. The number of halogens is 1. The third kappa shape index (κ3) is 5.16. The first-order chi connectivity index (χ1) is 15.4. The normalized spacial score (nSPS) is 14.6. The fourth-order valence-electron chi connectivity index (χ4n) is 4.06. The molecule has 32 heavy (non-hydrogen) atoms. The molecule has 7 heteroatoms. The van der Waals surface area contributed by atoms with Crippen LogP contribution in [0.25, 0.3) is 0 Å². The van der Waals surface area contributed by atoms with Gasteiger partial charge in [0, 0.05) is 38.3 Å². The average molecular weight is 452 g/mol. The first-order valence-corrected chi connectivity index (χ1v) is 11.4. The molecule has 0 aliphatic carbocycles. The number of piperazine rings is 1. The average Bonchev–Trinajstić information content (AvgIpc) is 3.04. The van der Waals surface area contributed by atoms with Crippen LogP contribution in [-0.2, 0) is 13.1 Å². The van der Waals surface area contributed by atoms with Gasteiger partial charge in [-0.15, -0.1) is 0 Å². The number of benzene rings is 2. The maximum absolute atomic E-state index is 13.9. The van der Waals surface area contributed by atoms with Gasteiger partial charge in [0.1, 0.15) is 5.82 Å². The van der Waals surface area contributed by atoms with E-state index in [1.807, 2.05) is 23.7 Å². The first kappa shape index (κ1) is 22.4. The van der Waals surface area contributed by atoms with Crippen LogP contribution in [0.1, 0.15) is 28.1 Å². The van der Waals surface area contributed by atoms with Gasteiger partial charge in [-0.25, -0.2) is 4.39 Å². The highest BCUT2D eigenvalue weighted by Gasteiger charge is 2.21. The van der Waals surface area contributed by atoms with Gasteiger partial charge in [0.15, 0.2) is 5.11 Å². The molecule has 0 atom stereocenters. The number of hydrogen-bond acceptors (Lipinski definition) is 3. The van der Waals surface area contributed by atoms with Crippen molar-refractivity contribution in [1.82, 2.24) is 19.6 Å². The maximum Gasteiger partial charge on any atom is 0.173 e. The van der Waals surface area contributed by atoms with Crippen molar-refractivity contribution in [2.45, 2.75) is 33.9 Å². The van der Waals surface area contributed by atoms with E-state index in [9.17, 15) is 4.39 Å². The van der Waals surface area contributed by atoms with Crippen molar-refractivity contribution < 1.29 is 4.39 Å². The summed E-state index contributed by atoms with van der Waals surface area (Å²) in [4.78, 5) is 4.46. The third-order valence-corrected chi connectivity index (χ3v) is 6.44. The van der Waals surface area contributed by atoms with E-state index in [1.54, 1.807) is 6.07 Å². The van der Waals surface area contributed by atoms with Crippen LogP contribution >= 0.6 is 12.2 Å². The van der Waals surface area contributed by atoms with Gasteiger partial charge in [0.05, 0.1) is 23.6 Å². The summed E-state index contributed by atoms with van der Waals surface area (Å²) in [5, 5.41) is 8.88. The van der Waals surface area contributed by atoms with Gasteiger partial charge in [0.25, 0.3) is 0 Å². The Morgan fingerprint density at radius 3 is 2.34 bits per heavy atom. The molecule has 2 aromatic carbocycles. The number of aromatic nitrogens is 2. The molecule has 0 bridgehead atoms. The lowest BCUT2D eigenvalue weighted by atomic mass is 10.1. The lowest BCUT2D eigenvalue weighted by Crippen LogP contribution is -2.49. The largest absolute Gasteiger partial charge is 0.346 e. The van der Waals surface area contributed by atoms with E-state index in [4.69, 9.17) is 17.3 Å². The molecule has 1 aliphatic rings. The van der Waals surface area contributed by atoms with E-state index in [2.05, 4.69) is 53.2 Å². The zero-order valence-corrected chi connectivity index (χ0v) is 19.8. The van der Waals surface area contributed by atoms with Gasteiger partial charge in [-0.2, -0.15) is 5.10 Å². The van der Waals surface area contributed by atoms with E-state index in [0.717, 1.165) is 60.5 Å². The summed E-state index contributed by atoms with van der Waals surface area (Å²) in [5.74, 6) is -0.138. The van der Waals surface area contributed by atoms with Crippen molar-refractivity contribution >= 4 is 23.0 Å². The second-order valence-corrected chi connectivity index (χ2v) is 8.86. The summed E-state index contributed by atoms with van der Waals surface area (Å²) in [6, 6.07) is 15.5. The molecule has 0 spiro atoms. The van der Waals surface area contributed by atoms with Crippen LogP contribution in [0.4, 0.5) is 10.1 Å². The summed E-state index contributed by atoms with van der Waals surface area (Å²) in [6.45, 7) is 10.9. The van der Waals surface area contributed by atoms with Crippen molar-refractivity contribution in [2.75, 3.05) is 31.5 Å². The minimum Gasteiger partial charge on any atom is -0.346 e. The second kappa shape index (κ2) is 9.79. The molecule has 0 saturated carbocycles. The van der Waals surface area contributed by atoms with Gasteiger partial charge in [-0.3, -0.25) is 9.58 Å². The summed E-state index contributed by atoms with van der Waals surface area (Å²) in [5.41, 5.74) is 6.22. The minimum atomic E-state index is -0.138. The van der Waals surface area contributed by atoms with Crippen LogP contribution in [0.5, 0.6) is 0 Å². The Morgan fingerprint density at radius 1 is 0.969 bits per heavy atom. The van der Waals surface area contributed by atoms with Gasteiger partial charge < -0.3 is 10.2 Å². The molecule has 4 rings (SSSR count). The Bertz CT molecular complexity index is 1080. The Kier molecular flexibility index (Phi) is 6.86. The Morgan fingerprint density at radius 2 is 1.66 bits per heavy atom. The molecule has 168 valence electrons. The molecule has 1 N–H and O–H groups in total. The second-order valence-electron chi connectivity index (χ2n) is 8.47. The molecule has 0 unspecified atom stereocenters. The molecule has 0 amide bonds. The number of nitrogens with zero attached hydrogens (tertiary/aromatic N) is 4. The third-order valence-electron chi connectivity index (χ3n) is 6.08. The van der Waals surface area contributed by atoms with Crippen LogP contribution in [0.3, 0.4) is 0 Å². The highest BCUT2D eigenvalue weighted by atomic mass is 32.1. The lowest BCUT2D eigenvalue weighted by Gasteiger charge is -2.36. The van der Waals surface area contributed by atoms with Gasteiger partial charge in [0.2, 0.25) is 0 Å². The van der Waals surface area contributed by atoms with Crippen LogP contribution < -0.4 is 5.32 Å². The summed E-state index contributed by atoms with van der Waals surface area (Å²) < 4.78 is 16.0. The van der Waals surface area contributed by atoms with Crippen molar-refractivity contribution in [2.24, 2.45) is 0 Å². The summed E-state index contributed by atoms with van der Waals surface area (Å²) in [7, 11) is 0. The highest BCUT2D eigenvalue weighted by Crippen LogP contribution is 2.22. The molecular formula is C25H30FN5S. The van der Waals surface area contributed by atoms with Crippen LogP contribution in [0.15, 0.2) is 48.5 Å². The summed E-state index contributed by atoms with van der Waals surface area (Å²) in [6.07, 6.45) is 0. The number of thiocarbonyl (C=S) groups is 1. The monoisotopic (exact) mass is 451 g/mol. The number of aryl methyl sites for hydroxylation is 2. The van der Waals surface area contributed by atoms with Crippen molar-refractivity contribution in [3.05, 3.63) is 82.4 Å². The molecule has 1 saturated heterocycles. The molecule has 3 aromatic rings. The molecule has 1 aromatic heterocycles. The van der Waals surface area contributed by atoms with E-state index >= 15 is 0 Å². The van der Waals surface area contributed by atoms with E-state index < -0.39 is 0 Å². The maximum atomic E-state index is 13.9. The van der Waals surface area contributed by atoms with Crippen molar-refractivity contribution in [3.63, 3.8) is 0 Å². The Hall–Kier alpha value is -2.77. The topological polar surface area (TPSA) is 36.3 Å². The smallest absolute Gasteiger partial charge is 0.173 e. The van der Waals surface area contributed by atoms with Gasteiger partial charge in [-0.05, 0) is 44.6 Å². The number of hydrogen-bond donors (Lipinski definition) is 1. The molecule has 1 aliphatic heterocycles. The van der Waals surface area contributed by atoms with Crippen LogP contribution in [-0.4, -0.2) is 50.9 Å². The SMILES string of the molecule is Cc1ccc(Cn2nc(C)c(NC(=S)N3CCN(Cc4ccccc4F)CC3)c2C)cc1. The van der Waals surface area contributed by atoms with Crippen molar-refractivity contribution in [3.8, 4) is 0 Å². The predicted molar refractivity (Wildman–Crippen MR) is 131 cm³/mol. The zero-order valence-electron chi connectivity index (χ0n) is 18.9. The van der Waals surface area contributed by atoms with E-state index in [1.165, 1.54) is 17.2 Å². The standard InChI is InChI=1S/C25H30FN5S/c1-18-8-10-21(11-9-18)16-31-20(3)24(19(2)28-31)27-25(32)30-14-12-29(13-15-30)17-22-6-4-5-7-23(22)26/h4-11H,12-17H2,1-3H3,(H,27,32). The fourth-order valence-corrected chi connectivity index (χ4v) is 4.35. The van der Waals surface area contributed by atoms with E-state index in [0.29, 0.717) is 6.54 Å². The van der Waals surface area contributed by atoms with Crippen LogP contribution in [0, 0.1) is 26.6 Å². The van der Waals surface area contributed by atoms with Gasteiger partial charge >= 0.3 is 0 Å². The summed E-state index contributed by atoms with van der Waals surface area (Å²) >= 11 is 5.72. The highest BCUT2D eigenvalue weighted by molar-refractivity contribution is 7.80. The minimum absolute atomic E-state index is 0.138. The van der Waals surface area contributed by atoms with Crippen LogP contribution in [0.2, 0.25) is 0 Å². The van der Waals surface area contributed by atoms with Gasteiger partial charge in [-0.1, -0.05) is 48.0 Å². The molecule has 1 fully saturated rings. The molecule has 0 radical (unpaired) electrons.